The Morgan fingerprint density at radius 2 is 1.92 bits per heavy atom. The smallest absolute Gasteiger partial charge is 0.257 e. The topological polar surface area (TPSA) is 38.1 Å². The molecule has 0 radical (unpaired) electrons. The van der Waals surface area contributed by atoms with Gasteiger partial charge in [0.25, 0.3) is 5.91 Å². The van der Waals surface area contributed by atoms with Crippen LogP contribution >= 0.6 is 11.6 Å². The molecule has 0 fully saturated rings. The summed E-state index contributed by atoms with van der Waals surface area (Å²) in [6.45, 7) is 1.74. The number of carbonyl (C=O) groups is 1. The van der Waals surface area contributed by atoms with Crippen LogP contribution in [0.2, 0.25) is 5.02 Å². The number of carbonyl (C=O) groups excluding carboxylic acids is 1. The van der Waals surface area contributed by atoms with Crippen molar-refractivity contribution in [3.8, 4) is 5.69 Å². The molecule has 0 bridgehead atoms. The van der Waals surface area contributed by atoms with E-state index >= 15 is 0 Å². The molecule has 26 heavy (non-hydrogen) atoms. The maximum absolute atomic E-state index is 13.5. The van der Waals surface area contributed by atoms with Gasteiger partial charge in [-0.15, -0.1) is 0 Å². The largest absolute Gasteiger partial charge is 0.335 e. The van der Waals surface area contributed by atoms with Crippen molar-refractivity contribution in [2.45, 2.75) is 13.0 Å². The predicted molar refractivity (Wildman–Crippen MR) is 95.4 cm³/mol. The number of amides is 1. The van der Waals surface area contributed by atoms with Crippen molar-refractivity contribution >= 4 is 17.5 Å². The summed E-state index contributed by atoms with van der Waals surface area (Å²) in [7, 11) is 1.60. The van der Waals surface area contributed by atoms with Crippen LogP contribution in [0.5, 0.6) is 0 Å². The minimum absolute atomic E-state index is 0.291. The Morgan fingerprint density at radius 3 is 2.62 bits per heavy atom. The molecular formula is C19H16ClF2N3O. The minimum atomic E-state index is -0.943. The van der Waals surface area contributed by atoms with E-state index < -0.39 is 17.7 Å². The van der Waals surface area contributed by atoms with Crippen LogP contribution in [0.3, 0.4) is 0 Å². The average Bonchev–Trinajstić information content (AvgIpc) is 3.12. The van der Waals surface area contributed by atoms with Gasteiger partial charge in [-0.05, 0) is 36.8 Å². The quantitative estimate of drug-likeness (QED) is 0.666. The van der Waals surface area contributed by atoms with E-state index in [0.29, 0.717) is 21.8 Å². The first-order valence-corrected chi connectivity index (χ1v) is 8.28. The molecule has 0 aliphatic heterocycles. The Balaban J connectivity index is 1.82. The van der Waals surface area contributed by atoms with Gasteiger partial charge in [0.15, 0.2) is 11.6 Å². The Morgan fingerprint density at radius 1 is 1.19 bits per heavy atom. The molecule has 1 aromatic heterocycles. The summed E-state index contributed by atoms with van der Waals surface area (Å²) < 4.78 is 28.1. The minimum Gasteiger partial charge on any atom is -0.335 e. The van der Waals surface area contributed by atoms with E-state index in [1.54, 1.807) is 38.4 Å². The Kier molecular flexibility index (Phi) is 5.04. The van der Waals surface area contributed by atoms with Gasteiger partial charge in [-0.2, -0.15) is 5.10 Å². The molecule has 0 saturated carbocycles. The van der Waals surface area contributed by atoms with Gasteiger partial charge in [0.2, 0.25) is 0 Å². The molecule has 1 atom stereocenters. The molecule has 134 valence electrons. The standard InChI is InChI=1S/C19H16ClF2N3O/c1-12(13-7-8-16(21)17(22)9-13)24(2)19(26)14-10-23-25(11-14)18-6-4-3-5-15(18)20/h3-12H,1-2H3. The van der Waals surface area contributed by atoms with E-state index in [9.17, 15) is 13.6 Å². The average molecular weight is 376 g/mol. The third-order valence-corrected chi connectivity index (χ3v) is 4.58. The van der Waals surface area contributed by atoms with Crippen LogP contribution in [0, 0.1) is 11.6 Å². The molecule has 3 aromatic rings. The summed E-state index contributed by atoms with van der Waals surface area (Å²) >= 11 is 6.15. The Hall–Kier alpha value is -2.73. The van der Waals surface area contributed by atoms with Crippen molar-refractivity contribution in [2.75, 3.05) is 7.05 Å². The fourth-order valence-corrected chi connectivity index (χ4v) is 2.80. The van der Waals surface area contributed by atoms with E-state index in [2.05, 4.69) is 5.10 Å². The monoisotopic (exact) mass is 375 g/mol. The zero-order valence-corrected chi connectivity index (χ0v) is 14.9. The normalized spacial score (nSPS) is 12.0. The molecule has 4 nitrogen and oxygen atoms in total. The Bertz CT molecular complexity index is 957. The fraction of sp³-hybridized carbons (Fsp3) is 0.158. The van der Waals surface area contributed by atoms with Crippen molar-refractivity contribution < 1.29 is 13.6 Å². The summed E-state index contributed by atoms with van der Waals surface area (Å²) in [5.41, 5.74) is 1.52. The van der Waals surface area contributed by atoms with Gasteiger partial charge < -0.3 is 4.90 Å². The Labute approximate surface area is 154 Å². The zero-order valence-electron chi connectivity index (χ0n) is 14.2. The van der Waals surface area contributed by atoms with E-state index in [1.807, 2.05) is 6.07 Å². The first-order chi connectivity index (χ1) is 12.4. The third-order valence-electron chi connectivity index (χ3n) is 4.26. The predicted octanol–water partition coefficient (Wildman–Crippen LogP) is 4.64. The van der Waals surface area contributed by atoms with Crippen LogP contribution in [0.1, 0.15) is 28.9 Å². The van der Waals surface area contributed by atoms with Gasteiger partial charge in [0, 0.05) is 13.2 Å². The van der Waals surface area contributed by atoms with Gasteiger partial charge in [-0.3, -0.25) is 4.79 Å². The van der Waals surface area contributed by atoms with Crippen molar-refractivity contribution in [1.82, 2.24) is 14.7 Å². The number of benzene rings is 2. The van der Waals surface area contributed by atoms with E-state index in [0.717, 1.165) is 12.1 Å². The SMILES string of the molecule is CC(c1ccc(F)c(F)c1)N(C)C(=O)c1cnn(-c2ccccc2Cl)c1. The highest BCUT2D eigenvalue weighted by atomic mass is 35.5. The number of hydrogen-bond acceptors (Lipinski definition) is 2. The van der Waals surface area contributed by atoms with Crippen LogP contribution in [0.15, 0.2) is 54.9 Å². The second-order valence-corrected chi connectivity index (χ2v) is 6.30. The summed E-state index contributed by atoms with van der Waals surface area (Å²) in [5.74, 6) is -2.15. The molecule has 0 saturated heterocycles. The van der Waals surface area contributed by atoms with Crippen LogP contribution < -0.4 is 0 Å². The molecule has 0 aliphatic rings. The van der Waals surface area contributed by atoms with Crippen molar-refractivity contribution in [1.29, 1.82) is 0 Å². The van der Waals surface area contributed by atoms with Crippen molar-refractivity contribution in [2.24, 2.45) is 0 Å². The molecule has 1 heterocycles. The molecule has 7 heteroatoms. The lowest BCUT2D eigenvalue weighted by molar-refractivity contribution is 0.0742. The summed E-state index contributed by atoms with van der Waals surface area (Å²) in [5, 5.41) is 4.70. The molecule has 1 unspecified atom stereocenters. The van der Waals surface area contributed by atoms with Gasteiger partial charge in [0.05, 0.1) is 28.5 Å². The van der Waals surface area contributed by atoms with Gasteiger partial charge in [-0.25, -0.2) is 13.5 Å². The van der Waals surface area contributed by atoms with E-state index in [-0.39, 0.29) is 5.91 Å². The van der Waals surface area contributed by atoms with Crippen LogP contribution in [-0.4, -0.2) is 27.6 Å². The molecule has 3 rings (SSSR count). The number of halogens is 3. The number of nitrogens with zero attached hydrogens (tertiary/aromatic N) is 3. The van der Waals surface area contributed by atoms with Crippen LogP contribution in [-0.2, 0) is 0 Å². The molecule has 1 amide bonds. The van der Waals surface area contributed by atoms with Crippen LogP contribution in [0.4, 0.5) is 8.78 Å². The molecule has 0 spiro atoms. The van der Waals surface area contributed by atoms with E-state index in [4.69, 9.17) is 11.6 Å². The number of rotatable bonds is 4. The van der Waals surface area contributed by atoms with E-state index in [1.165, 1.54) is 21.8 Å². The fourth-order valence-electron chi connectivity index (χ4n) is 2.58. The van der Waals surface area contributed by atoms with Crippen molar-refractivity contribution in [3.63, 3.8) is 0 Å². The molecule has 2 aromatic carbocycles. The highest BCUT2D eigenvalue weighted by Crippen LogP contribution is 2.24. The second-order valence-electron chi connectivity index (χ2n) is 5.89. The zero-order chi connectivity index (χ0) is 18.8. The number of aromatic nitrogens is 2. The highest BCUT2D eigenvalue weighted by molar-refractivity contribution is 6.32. The maximum Gasteiger partial charge on any atom is 0.257 e. The second kappa shape index (κ2) is 7.25. The molecular weight excluding hydrogens is 360 g/mol. The first-order valence-electron chi connectivity index (χ1n) is 7.90. The van der Waals surface area contributed by atoms with Crippen molar-refractivity contribution in [3.05, 3.63) is 82.6 Å². The first kappa shape index (κ1) is 18.1. The van der Waals surface area contributed by atoms with Gasteiger partial charge in [0.1, 0.15) is 0 Å². The summed E-state index contributed by atoms with van der Waals surface area (Å²) in [6, 6.07) is 10.3. The lowest BCUT2D eigenvalue weighted by Crippen LogP contribution is -2.29. The summed E-state index contributed by atoms with van der Waals surface area (Å²) in [4.78, 5) is 14.2. The number of para-hydroxylation sites is 1. The lowest BCUT2D eigenvalue weighted by Gasteiger charge is -2.25. The summed E-state index contributed by atoms with van der Waals surface area (Å²) in [6.07, 6.45) is 3.03. The third kappa shape index (κ3) is 3.46. The van der Waals surface area contributed by atoms with Gasteiger partial charge in [-0.1, -0.05) is 29.8 Å². The lowest BCUT2D eigenvalue weighted by atomic mass is 10.1. The van der Waals surface area contributed by atoms with Crippen LogP contribution in [0.25, 0.3) is 5.69 Å². The maximum atomic E-state index is 13.5. The van der Waals surface area contributed by atoms with Gasteiger partial charge >= 0.3 is 0 Å². The highest BCUT2D eigenvalue weighted by Gasteiger charge is 2.21. The number of hydrogen-bond donors (Lipinski definition) is 0. The molecule has 0 aliphatic carbocycles. The molecule has 0 N–H and O–H groups in total.